The van der Waals surface area contributed by atoms with E-state index in [1.54, 1.807) is 25.5 Å². The molecule has 0 heterocycles. The lowest BCUT2D eigenvalue weighted by molar-refractivity contribution is 0.211. The van der Waals surface area contributed by atoms with Gasteiger partial charge < -0.3 is 24.3 Å². The fourth-order valence-corrected chi connectivity index (χ4v) is 3.90. The molecule has 0 aliphatic carbocycles. The number of nitrogens with zero attached hydrogens (tertiary/aromatic N) is 1. The van der Waals surface area contributed by atoms with E-state index in [0.29, 0.717) is 34.8 Å². The Morgan fingerprint density at radius 2 is 1.58 bits per heavy atom. The van der Waals surface area contributed by atoms with Crippen LogP contribution in [0, 0.1) is 0 Å². The van der Waals surface area contributed by atoms with Crippen molar-refractivity contribution in [3.8, 4) is 23.0 Å². The zero-order chi connectivity index (χ0) is 27.0. The molecule has 0 aromatic heterocycles. The zero-order valence-corrected chi connectivity index (χ0v) is 23.3. The molecule has 0 aliphatic heterocycles. The van der Waals surface area contributed by atoms with Crippen LogP contribution in [0.5, 0.6) is 23.0 Å². The molecule has 0 saturated carbocycles. The Hall–Kier alpha value is -3.49. The van der Waals surface area contributed by atoms with Crippen LogP contribution in [0.3, 0.4) is 0 Å². The fourth-order valence-electron chi connectivity index (χ4n) is 3.45. The lowest BCUT2D eigenvalue weighted by Crippen LogP contribution is -2.23. The Morgan fingerprint density at radius 3 is 2.26 bits per heavy atom. The number of hydrogen-bond donors (Lipinski definition) is 2. The molecule has 0 bridgehead atoms. The second-order valence-corrected chi connectivity index (χ2v) is 9.12. The summed E-state index contributed by atoms with van der Waals surface area (Å²) in [6.07, 6.45) is 6.32. The van der Waals surface area contributed by atoms with E-state index < -0.39 is 0 Å². The van der Waals surface area contributed by atoms with Crippen molar-refractivity contribution in [1.29, 1.82) is 0 Å². The third-order valence-electron chi connectivity index (χ3n) is 5.35. The van der Waals surface area contributed by atoms with E-state index in [9.17, 15) is 0 Å². The first-order chi connectivity index (χ1) is 18.6. The monoisotopic (exact) mass is 555 g/mol. The number of benzene rings is 3. The van der Waals surface area contributed by atoms with Crippen LogP contribution in [0.2, 0.25) is 5.02 Å². The van der Waals surface area contributed by atoms with Gasteiger partial charge in [0.05, 0.1) is 25.0 Å². The maximum atomic E-state index is 6.47. The van der Waals surface area contributed by atoms with Crippen LogP contribution in [-0.4, -0.2) is 38.3 Å². The van der Waals surface area contributed by atoms with Gasteiger partial charge >= 0.3 is 0 Å². The van der Waals surface area contributed by atoms with E-state index in [4.69, 9.17) is 42.8 Å². The smallest absolute Gasteiger partial charge is 0.191 e. The van der Waals surface area contributed by atoms with Gasteiger partial charge in [-0.2, -0.15) is 5.10 Å². The summed E-state index contributed by atoms with van der Waals surface area (Å²) in [5.74, 6) is 2.51. The van der Waals surface area contributed by atoms with Crippen LogP contribution in [0.15, 0.2) is 71.8 Å². The lowest BCUT2D eigenvalue weighted by atomic mass is 10.2. The number of methoxy groups -OCH3 is 1. The maximum Gasteiger partial charge on any atom is 0.191 e. The highest BCUT2D eigenvalue weighted by Gasteiger charge is 2.12. The predicted octanol–water partition coefficient (Wildman–Crippen LogP) is 7.09. The molecule has 0 aliphatic rings. The van der Waals surface area contributed by atoms with Gasteiger partial charge in [0.25, 0.3) is 0 Å². The molecule has 3 rings (SSSR count). The minimum atomic E-state index is 0.292. The van der Waals surface area contributed by atoms with E-state index in [2.05, 4.69) is 22.8 Å². The van der Waals surface area contributed by atoms with Gasteiger partial charge in [-0.3, -0.25) is 5.43 Å². The summed E-state index contributed by atoms with van der Waals surface area (Å²) in [4.78, 5) is 0. The quantitative estimate of drug-likeness (QED) is 0.0897. The van der Waals surface area contributed by atoms with E-state index in [-0.39, 0.29) is 0 Å². The van der Waals surface area contributed by atoms with Gasteiger partial charge in [-0.15, -0.1) is 0 Å². The number of unbranched alkanes of at least 4 members (excludes halogenated alkanes) is 3. The Kier molecular flexibility index (Phi) is 12.5. The minimum absolute atomic E-state index is 0.292. The van der Waals surface area contributed by atoms with E-state index >= 15 is 0 Å². The molecular formula is C29H34ClN3O4S. The number of nitrogens with one attached hydrogen (secondary N) is 2. The third-order valence-corrected chi connectivity index (χ3v) is 5.83. The van der Waals surface area contributed by atoms with Gasteiger partial charge in [0, 0.05) is 5.69 Å². The summed E-state index contributed by atoms with van der Waals surface area (Å²) in [6, 6.07) is 20.7. The summed E-state index contributed by atoms with van der Waals surface area (Å²) < 4.78 is 22.9. The van der Waals surface area contributed by atoms with Crippen LogP contribution in [-0.2, 0) is 0 Å². The molecule has 202 valence electrons. The molecule has 0 radical (unpaired) electrons. The lowest BCUT2D eigenvalue weighted by Gasteiger charge is -2.14. The maximum absolute atomic E-state index is 6.47. The second-order valence-electron chi connectivity index (χ2n) is 8.30. The van der Waals surface area contributed by atoms with E-state index in [1.165, 1.54) is 19.3 Å². The number of halogens is 1. The molecule has 0 unspecified atom stereocenters. The standard InChI is InChI=1S/C29H34ClN3O4S/c1-3-4-5-9-16-35-24-12-14-25(15-13-24)36-17-18-37-28-26(30)19-22(20-27(28)34-2)21-31-33-29(38)32-23-10-7-6-8-11-23/h6-8,10-15,19-21H,3-5,9,16-18H2,1-2H3,(H2,32,33,38)/b31-21+. The number of ether oxygens (including phenoxy) is 4. The summed E-state index contributed by atoms with van der Waals surface area (Å²) >= 11 is 11.7. The largest absolute Gasteiger partial charge is 0.494 e. The van der Waals surface area contributed by atoms with Crippen LogP contribution in [0.1, 0.15) is 38.2 Å². The minimum Gasteiger partial charge on any atom is -0.494 e. The first-order valence-electron chi connectivity index (χ1n) is 12.6. The van der Waals surface area contributed by atoms with Crippen molar-refractivity contribution in [2.45, 2.75) is 32.6 Å². The molecule has 9 heteroatoms. The van der Waals surface area contributed by atoms with Gasteiger partial charge in [0.1, 0.15) is 24.7 Å². The van der Waals surface area contributed by atoms with Crippen molar-refractivity contribution < 1.29 is 18.9 Å². The number of para-hydroxylation sites is 1. The molecule has 3 aromatic rings. The normalized spacial score (nSPS) is 10.7. The molecule has 0 saturated heterocycles. The Labute approximate surface area is 235 Å². The summed E-state index contributed by atoms with van der Waals surface area (Å²) in [7, 11) is 1.56. The van der Waals surface area contributed by atoms with Gasteiger partial charge in [-0.05, 0) is 72.7 Å². The van der Waals surface area contributed by atoms with Gasteiger partial charge in [0.15, 0.2) is 16.6 Å². The fraction of sp³-hybridized carbons (Fsp3) is 0.310. The number of anilines is 1. The molecule has 7 nitrogen and oxygen atoms in total. The van der Waals surface area contributed by atoms with Crippen molar-refractivity contribution >= 4 is 40.8 Å². The van der Waals surface area contributed by atoms with E-state index in [1.807, 2.05) is 54.6 Å². The first-order valence-corrected chi connectivity index (χ1v) is 13.4. The zero-order valence-electron chi connectivity index (χ0n) is 21.7. The second kappa shape index (κ2) is 16.4. The van der Waals surface area contributed by atoms with Crippen LogP contribution < -0.4 is 29.7 Å². The number of hydrazone groups is 1. The number of rotatable bonds is 15. The first kappa shape index (κ1) is 29.1. The highest BCUT2D eigenvalue weighted by atomic mass is 35.5. The molecule has 2 N–H and O–H groups in total. The number of thiocarbonyl (C=S) groups is 1. The van der Waals surface area contributed by atoms with Crippen LogP contribution in [0.4, 0.5) is 5.69 Å². The summed E-state index contributed by atoms with van der Waals surface area (Å²) in [5, 5.41) is 7.98. The molecule has 0 spiro atoms. The average molecular weight is 556 g/mol. The Balaban J connectivity index is 1.44. The predicted molar refractivity (Wildman–Crippen MR) is 158 cm³/mol. The Bertz CT molecular complexity index is 1160. The van der Waals surface area contributed by atoms with Crippen LogP contribution >= 0.6 is 23.8 Å². The van der Waals surface area contributed by atoms with Crippen molar-refractivity contribution in [2.75, 3.05) is 32.2 Å². The molecule has 0 atom stereocenters. The third kappa shape index (κ3) is 10.1. The molecule has 38 heavy (non-hydrogen) atoms. The van der Waals surface area contributed by atoms with Gasteiger partial charge in [-0.25, -0.2) is 0 Å². The molecule has 3 aromatic carbocycles. The van der Waals surface area contributed by atoms with Crippen molar-refractivity contribution in [2.24, 2.45) is 5.10 Å². The van der Waals surface area contributed by atoms with Crippen LogP contribution in [0.25, 0.3) is 0 Å². The number of hydrogen-bond acceptors (Lipinski definition) is 6. The van der Waals surface area contributed by atoms with Crippen molar-refractivity contribution in [3.05, 3.63) is 77.3 Å². The topological polar surface area (TPSA) is 73.3 Å². The highest BCUT2D eigenvalue weighted by Crippen LogP contribution is 2.36. The van der Waals surface area contributed by atoms with Gasteiger partial charge in [0.2, 0.25) is 0 Å². The SMILES string of the molecule is CCCCCCOc1ccc(OCCOc2c(Cl)cc(/C=N/NC(=S)Nc3ccccc3)cc2OC)cc1. The van der Waals surface area contributed by atoms with Crippen molar-refractivity contribution in [3.63, 3.8) is 0 Å². The summed E-state index contributed by atoms with van der Waals surface area (Å²) in [6.45, 7) is 3.57. The molecule has 0 amide bonds. The molecular weight excluding hydrogens is 522 g/mol. The average Bonchev–Trinajstić information content (AvgIpc) is 2.93. The van der Waals surface area contributed by atoms with E-state index in [0.717, 1.165) is 35.8 Å². The highest BCUT2D eigenvalue weighted by molar-refractivity contribution is 7.80. The van der Waals surface area contributed by atoms with Gasteiger partial charge in [-0.1, -0.05) is 56.0 Å². The summed E-state index contributed by atoms with van der Waals surface area (Å²) in [5.41, 5.74) is 4.37. The molecule has 0 fully saturated rings. The van der Waals surface area contributed by atoms with Crippen molar-refractivity contribution in [1.82, 2.24) is 5.43 Å². The Morgan fingerprint density at radius 1 is 0.895 bits per heavy atom.